The molecule has 3 N–H and O–H groups in total. The smallest absolute Gasteiger partial charge is 0.237 e. The van der Waals surface area contributed by atoms with E-state index < -0.39 is 6.04 Å². The minimum Gasteiger partial charge on any atom is -0.355 e. The fraction of sp³-hybridized carbons (Fsp3) is 0.588. The highest BCUT2D eigenvalue weighted by Crippen LogP contribution is 2.18. The molecular formula is C17H27N3O. The highest BCUT2D eigenvalue weighted by Gasteiger charge is 2.18. The number of hydrogen-bond acceptors (Lipinski definition) is 3. The molecule has 1 unspecified atom stereocenters. The predicted molar refractivity (Wildman–Crippen MR) is 86.0 cm³/mol. The van der Waals surface area contributed by atoms with Gasteiger partial charge in [0, 0.05) is 6.54 Å². The molecule has 0 aromatic heterocycles. The Bertz CT molecular complexity index is 427. The topological polar surface area (TPSA) is 58.4 Å². The van der Waals surface area contributed by atoms with Crippen molar-refractivity contribution in [2.24, 2.45) is 11.7 Å². The van der Waals surface area contributed by atoms with Crippen LogP contribution in [0.4, 0.5) is 0 Å². The zero-order valence-electron chi connectivity index (χ0n) is 12.9. The largest absolute Gasteiger partial charge is 0.355 e. The third kappa shape index (κ3) is 5.48. The summed E-state index contributed by atoms with van der Waals surface area (Å²) in [4.78, 5) is 14.4. The van der Waals surface area contributed by atoms with Crippen LogP contribution in [0.25, 0.3) is 0 Å². The molecule has 4 heteroatoms. The average molecular weight is 289 g/mol. The van der Waals surface area contributed by atoms with Crippen molar-refractivity contribution in [1.29, 1.82) is 0 Å². The van der Waals surface area contributed by atoms with E-state index in [0.29, 0.717) is 6.42 Å². The molecule has 1 aliphatic heterocycles. The van der Waals surface area contributed by atoms with Gasteiger partial charge < -0.3 is 16.0 Å². The molecule has 1 heterocycles. The maximum absolute atomic E-state index is 12.0. The number of nitrogens with one attached hydrogen (secondary N) is 1. The van der Waals surface area contributed by atoms with Gasteiger partial charge in [0.15, 0.2) is 0 Å². The van der Waals surface area contributed by atoms with Gasteiger partial charge in [-0.15, -0.1) is 0 Å². The third-order valence-corrected chi connectivity index (χ3v) is 4.33. The number of carbonyl (C=O) groups excluding carboxylic acids is 1. The monoisotopic (exact) mass is 289 g/mol. The second-order valence-electron chi connectivity index (χ2n) is 6.12. The molecule has 0 spiro atoms. The van der Waals surface area contributed by atoms with Gasteiger partial charge in [-0.3, -0.25) is 4.79 Å². The van der Waals surface area contributed by atoms with Crippen LogP contribution < -0.4 is 11.1 Å². The van der Waals surface area contributed by atoms with Crippen molar-refractivity contribution < 1.29 is 4.79 Å². The lowest BCUT2D eigenvalue weighted by molar-refractivity contribution is -0.122. The van der Waals surface area contributed by atoms with Crippen molar-refractivity contribution in [3.63, 3.8) is 0 Å². The number of amides is 1. The third-order valence-electron chi connectivity index (χ3n) is 4.33. The van der Waals surface area contributed by atoms with Crippen molar-refractivity contribution in [3.05, 3.63) is 35.9 Å². The van der Waals surface area contributed by atoms with Crippen molar-refractivity contribution in [2.75, 3.05) is 26.7 Å². The minimum atomic E-state index is -0.454. The molecule has 4 nitrogen and oxygen atoms in total. The quantitative estimate of drug-likeness (QED) is 0.832. The number of hydrogen-bond donors (Lipinski definition) is 2. The summed E-state index contributed by atoms with van der Waals surface area (Å²) in [6, 6.07) is 9.47. The molecule has 116 valence electrons. The van der Waals surface area contributed by atoms with Gasteiger partial charge in [-0.25, -0.2) is 0 Å². The van der Waals surface area contributed by atoms with Crippen LogP contribution in [-0.2, 0) is 11.2 Å². The first kappa shape index (κ1) is 16.0. The Hall–Kier alpha value is -1.39. The summed E-state index contributed by atoms with van der Waals surface area (Å²) in [6.45, 7) is 3.09. The Labute approximate surface area is 127 Å². The van der Waals surface area contributed by atoms with E-state index >= 15 is 0 Å². The molecule has 1 saturated heterocycles. The molecule has 0 saturated carbocycles. The van der Waals surface area contributed by atoms with Crippen molar-refractivity contribution in [1.82, 2.24) is 10.2 Å². The predicted octanol–water partition coefficient (Wildman–Crippen LogP) is 1.40. The Balaban J connectivity index is 1.65. The summed E-state index contributed by atoms with van der Waals surface area (Å²) in [5.74, 6) is 0.707. The van der Waals surface area contributed by atoms with Crippen LogP contribution in [0.5, 0.6) is 0 Å². The normalized spacial score (nSPS) is 18.4. The van der Waals surface area contributed by atoms with E-state index in [4.69, 9.17) is 5.73 Å². The lowest BCUT2D eigenvalue weighted by Crippen LogP contribution is -2.43. The summed E-state index contributed by atoms with van der Waals surface area (Å²) in [6.07, 6.45) is 4.14. The molecule has 0 bridgehead atoms. The molecule has 1 aromatic rings. The first-order valence-corrected chi connectivity index (χ1v) is 7.91. The molecule has 1 amide bonds. The molecular weight excluding hydrogens is 262 g/mol. The molecule has 0 radical (unpaired) electrons. The van der Waals surface area contributed by atoms with Gasteiger partial charge in [0.2, 0.25) is 5.91 Å². The van der Waals surface area contributed by atoms with Crippen LogP contribution >= 0.6 is 0 Å². The van der Waals surface area contributed by atoms with Crippen LogP contribution in [-0.4, -0.2) is 43.5 Å². The Morgan fingerprint density at radius 1 is 1.33 bits per heavy atom. The SMILES string of the molecule is CN1CCC(CCNC(=O)C(N)Cc2ccccc2)CC1. The molecule has 1 atom stereocenters. The number of piperidine rings is 1. The fourth-order valence-electron chi connectivity index (χ4n) is 2.84. The highest BCUT2D eigenvalue weighted by molar-refractivity contribution is 5.81. The number of nitrogens with zero attached hydrogens (tertiary/aromatic N) is 1. The molecule has 1 aromatic carbocycles. The summed E-state index contributed by atoms with van der Waals surface area (Å²) in [7, 11) is 2.17. The highest BCUT2D eigenvalue weighted by atomic mass is 16.2. The minimum absolute atomic E-state index is 0.0354. The van der Waals surface area contributed by atoms with E-state index in [-0.39, 0.29) is 5.91 Å². The van der Waals surface area contributed by atoms with Crippen molar-refractivity contribution in [3.8, 4) is 0 Å². The van der Waals surface area contributed by atoms with Crippen LogP contribution in [0.1, 0.15) is 24.8 Å². The lowest BCUT2D eigenvalue weighted by Gasteiger charge is -2.29. The maximum Gasteiger partial charge on any atom is 0.237 e. The zero-order chi connectivity index (χ0) is 15.1. The molecule has 0 aliphatic carbocycles. The van der Waals surface area contributed by atoms with E-state index in [1.165, 1.54) is 25.9 Å². The number of likely N-dealkylation sites (tertiary alicyclic amines) is 1. The Morgan fingerprint density at radius 3 is 2.67 bits per heavy atom. The van der Waals surface area contributed by atoms with E-state index in [1.807, 2.05) is 30.3 Å². The molecule has 1 fully saturated rings. The molecule has 21 heavy (non-hydrogen) atoms. The van der Waals surface area contributed by atoms with Gasteiger partial charge in [-0.2, -0.15) is 0 Å². The van der Waals surface area contributed by atoms with E-state index in [1.54, 1.807) is 0 Å². The molecule has 2 rings (SSSR count). The lowest BCUT2D eigenvalue weighted by atomic mass is 9.94. The second-order valence-corrected chi connectivity index (χ2v) is 6.12. The number of nitrogens with two attached hydrogens (primary N) is 1. The summed E-state index contributed by atoms with van der Waals surface area (Å²) >= 11 is 0. The van der Waals surface area contributed by atoms with Gasteiger partial charge in [0.1, 0.15) is 0 Å². The van der Waals surface area contributed by atoms with Crippen LogP contribution in [0, 0.1) is 5.92 Å². The zero-order valence-corrected chi connectivity index (χ0v) is 12.9. The summed E-state index contributed by atoms with van der Waals surface area (Å²) in [5.41, 5.74) is 7.07. The van der Waals surface area contributed by atoms with Gasteiger partial charge in [-0.1, -0.05) is 30.3 Å². The summed E-state index contributed by atoms with van der Waals surface area (Å²) in [5, 5.41) is 2.98. The number of rotatable bonds is 6. The fourth-order valence-corrected chi connectivity index (χ4v) is 2.84. The van der Waals surface area contributed by atoms with Crippen LogP contribution in [0.15, 0.2) is 30.3 Å². The van der Waals surface area contributed by atoms with Gasteiger partial charge in [-0.05, 0) is 57.3 Å². The maximum atomic E-state index is 12.0. The van der Waals surface area contributed by atoms with Crippen molar-refractivity contribution in [2.45, 2.75) is 31.7 Å². The Kier molecular flexibility index (Phi) is 6.21. The van der Waals surface area contributed by atoms with Crippen LogP contribution in [0.3, 0.4) is 0 Å². The second kappa shape index (κ2) is 8.15. The van der Waals surface area contributed by atoms with E-state index in [9.17, 15) is 4.79 Å². The van der Waals surface area contributed by atoms with E-state index in [2.05, 4.69) is 17.3 Å². The van der Waals surface area contributed by atoms with Crippen LogP contribution in [0.2, 0.25) is 0 Å². The van der Waals surface area contributed by atoms with E-state index in [0.717, 1.165) is 24.4 Å². The summed E-state index contributed by atoms with van der Waals surface area (Å²) < 4.78 is 0. The first-order valence-electron chi connectivity index (χ1n) is 7.91. The van der Waals surface area contributed by atoms with Gasteiger partial charge in [0.05, 0.1) is 6.04 Å². The van der Waals surface area contributed by atoms with Gasteiger partial charge >= 0.3 is 0 Å². The number of carbonyl (C=O) groups is 1. The average Bonchev–Trinajstić information content (AvgIpc) is 2.50. The number of benzene rings is 1. The first-order chi connectivity index (χ1) is 10.1. The Morgan fingerprint density at radius 2 is 2.00 bits per heavy atom. The standard InChI is InChI=1S/C17H27N3O/c1-20-11-8-14(9-12-20)7-10-19-17(21)16(18)13-15-5-3-2-4-6-15/h2-6,14,16H,7-13,18H2,1H3,(H,19,21). The van der Waals surface area contributed by atoms with Gasteiger partial charge in [0.25, 0.3) is 0 Å². The van der Waals surface area contributed by atoms with Crippen molar-refractivity contribution >= 4 is 5.91 Å². The molecule has 1 aliphatic rings.